The van der Waals surface area contributed by atoms with E-state index in [-0.39, 0.29) is 18.0 Å². The van der Waals surface area contributed by atoms with Gasteiger partial charge in [0.2, 0.25) is 0 Å². The topological polar surface area (TPSA) is 44.5 Å². The molecule has 3 nitrogen and oxygen atoms in total. The van der Waals surface area contributed by atoms with Crippen molar-refractivity contribution >= 4 is 0 Å². The van der Waals surface area contributed by atoms with E-state index in [2.05, 4.69) is 0 Å². The molecule has 1 saturated heterocycles. The van der Waals surface area contributed by atoms with Crippen molar-refractivity contribution in [2.75, 3.05) is 13.2 Å². The Labute approximate surface area is 107 Å². The van der Waals surface area contributed by atoms with Gasteiger partial charge < -0.3 is 15.2 Å². The van der Waals surface area contributed by atoms with E-state index in [9.17, 15) is 4.39 Å². The first kappa shape index (κ1) is 13.3. The molecule has 1 aliphatic heterocycles. The van der Waals surface area contributed by atoms with Gasteiger partial charge in [-0.05, 0) is 32.3 Å². The Balaban J connectivity index is 1.91. The molecular formula is C14H20FNO2. The van der Waals surface area contributed by atoms with Gasteiger partial charge in [0.1, 0.15) is 18.2 Å². The number of hydrogen-bond donors (Lipinski definition) is 1. The van der Waals surface area contributed by atoms with Gasteiger partial charge in [-0.1, -0.05) is 6.07 Å². The van der Waals surface area contributed by atoms with Crippen LogP contribution in [0.5, 0.6) is 5.75 Å². The zero-order chi connectivity index (χ0) is 13.0. The molecule has 1 unspecified atom stereocenters. The van der Waals surface area contributed by atoms with Crippen LogP contribution in [-0.4, -0.2) is 19.3 Å². The highest BCUT2D eigenvalue weighted by Gasteiger charge is 2.15. The minimum absolute atomic E-state index is 0.134. The Morgan fingerprint density at radius 1 is 1.50 bits per heavy atom. The monoisotopic (exact) mass is 253 g/mol. The van der Waals surface area contributed by atoms with Crippen molar-refractivity contribution in [1.82, 2.24) is 0 Å². The summed E-state index contributed by atoms with van der Waals surface area (Å²) in [5, 5.41) is 0. The van der Waals surface area contributed by atoms with E-state index >= 15 is 0 Å². The molecule has 0 spiro atoms. The summed E-state index contributed by atoms with van der Waals surface area (Å²) >= 11 is 0. The van der Waals surface area contributed by atoms with E-state index in [1.807, 2.05) is 0 Å². The fraction of sp³-hybridized carbons (Fsp3) is 0.571. The molecule has 2 N–H and O–H groups in total. The summed E-state index contributed by atoms with van der Waals surface area (Å²) < 4.78 is 24.8. The highest BCUT2D eigenvalue weighted by atomic mass is 19.1. The summed E-state index contributed by atoms with van der Waals surface area (Å²) in [7, 11) is 0. The number of nitrogens with two attached hydrogens (primary N) is 1. The molecule has 1 heterocycles. The zero-order valence-corrected chi connectivity index (χ0v) is 10.7. The Morgan fingerprint density at radius 2 is 2.33 bits per heavy atom. The van der Waals surface area contributed by atoms with Gasteiger partial charge in [-0.3, -0.25) is 0 Å². The molecule has 1 aromatic carbocycles. The molecule has 1 aliphatic rings. The Kier molecular flexibility index (Phi) is 4.55. The number of rotatable bonds is 4. The van der Waals surface area contributed by atoms with Crippen molar-refractivity contribution in [2.24, 2.45) is 5.73 Å². The van der Waals surface area contributed by atoms with Crippen LogP contribution in [-0.2, 0) is 4.74 Å². The SMILES string of the molecule is C[C@@H](N)c1ccc(OCC2CCCCO2)cc1F. The summed E-state index contributed by atoms with van der Waals surface area (Å²) in [6.07, 6.45) is 3.44. The lowest BCUT2D eigenvalue weighted by Gasteiger charge is -2.22. The molecule has 0 saturated carbocycles. The van der Waals surface area contributed by atoms with Crippen molar-refractivity contribution < 1.29 is 13.9 Å². The lowest BCUT2D eigenvalue weighted by atomic mass is 10.1. The third-order valence-electron chi connectivity index (χ3n) is 3.17. The van der Waals surface area contributed by atoms with Crippen LogP contribution in [0.3, 0.4) is 0 Å². The molecule has 1 aromatic rings. The zero-order valence-electron chi connectivity index (χ0n) is 10.7. The predicted octanol–water partition coefficient (Wildman–Crippen LogP) is 2.79. The van der Waals surface area contributed by atoms with E-state index in [0.29, 0.717) is 17.9 Å². The summed E-state index contributed by atoms with van der Waals surface area (Å²) in [6, 6.07) is 4.52. The standard InChI is InChI=1S/C14H20FNO2/c1-10(16)13-6-5-11(8-14(13)15)18-9-12-4-2-3-7-17-12/h5-6,8,10,12H,2-4,7,9,16H2,1H3/t10-,12?/m1/s1. The maximum Gasteiger partial charge on any atom is 0.131 e. The molecular weight excluding hydrogens is 233 g/mol. The fourth-order valence-electron chi connectivity index (χ4n) is 2.09. The van der Waals surface area contributed by atoms with E-state index in [1.165, 1.54) is 12.5 Å². The second-order valence-electron chi connectivity index (χ2n) is 4.77. The van der Waals surface area contributed by atoms with E-state index in [0.717, 1.165) is 19.4 Å². The summed E-state index contributed by atoms with van der Waals surface area (Å²) in [6.45, 7) is 3.04. The molecule has 0 aliphatic carbocycles. The van der Waals surface area contributed by atoms with E-state index in [4.69, 9.17) is 15.2 Å². The smallest absolute Gasteiger partial charge is 0.131 e. The van der Waals surface area contributed by atoms with Crippen LogP contribution in [0, 0.1) is 5.82 Å². The first-order valence-corrected chi connectivity index (χ1v) is 6.46. The Hall–Kier alpha value is -1.13. The van der Waals surface area contributed by atoms with Crippen molar-refractivity contribution in [3.8, 4) is 5.75 Å². The van der Waals surface area contributed by atoms with E-state index < -0.39 is 0 Å². The number of hydrogen-bond acceptors (Lipinski definition) is 3. The second kappa shape index (κ2) is 6.16. The first-order valence-electron chi connectivity index (χ1n) is 6.46. The van der Waals surface area contributed by atoms with Crippen molar-refractivity contribution in [3.05, 3.63) is 29.6 Å². The van der Waals surface area contributed by atoms with Gasteiger partial charge in [-0.2, -0.15) is 0 Å². The molecule has 0 radical (unpaired) electrons. The molecule has 100 valence electrons. The van der Waals surface area contributed by atoms with Gasteiger partial charge >= 0.3 is 0 Å². The lowest BCUT2D eigenvalue weighted by Crippen LogP contribution is -2.25. The maximum absolute atomic E-state index is 13.7. The van der Waals surface area contributed by atoms with Crippen molar-refractivity contribution in [3.63, 3.8) is 0 Å². The molecule has 1 fully saturated rings. The van der Waals surface area contributed by atoms with Crippen LogP contribution in [0.15, 0.2) is 18.2 Å². The van der Waals surface area contributed by atoms with Gasteiger partial charge in [0.15, 0.2) is 0 Å². The van der Waals surface area contributed by atoms with Crippen LogP contribution in [0.4, 0.5) is 4.39 Å². The summed E-state index contributed by atoms with van der Waals surface area (Å²) in [5.41, 5.74) is 6.17. The second-order valence-corrected chi connectivity index (χ2v) is 4.77. The van der Waals surface area contributed by atoms with E-state index in [1.54, 1.807) is 19.1 Å². The predicted molar refractivity (Wildman–Crippen MR) is 68.1 cm³/mol. The molecule has 0 aromatic heterocycles. The maximum atomic E-state index is 13.7. The molecule has 2 atom stereocenters. The third kappa shape index (κ3) is 3.43. The highest BCUT2D eigenvalue weighted by molar-refractivity contribution is 5.30. The normalized spacial score (nSPS) is 21.6. The number of ether oxygens (including phenoxy) is 2. The average molecular weight is 253 g/mol. The van der Waals surface area contributed by atoms with Gasteiger partial charge in [0, 0.05) is 24.3 Å². The van der Waals surface area contributed by atoms with Crippen LogP contribution >= 0.6 is 0 Å². The lowest BCUT2D eigenvalue weighted by molar-refractivity contribution is -0.0111. The fourth-order valence-corrected chi connectivity index (χ4v) is 2.09. The molecule has 18 heavy (non-hydrogen) atoms. The summed E-state index contributed by atoms with van der Waals surface area (Å²) in [4.78, 5) is 0. The molecule has 2 rings (SSSR count). The summed E-state index contributed by atoms with van der Waals surface area (Å²) in [5.74, 6) is 0.220. The van der Waals surface area contributed by atoms with Gasteiger partial charge in [-0.15, -0.1) is 0 Å². The third-order valence-corrected chi connectivity index (χ3v) is 3.17. The van der Waals surface area contributed by atoms with Gasteiger partial charge in [-0.25, -0.2) is 4.39 Å². The Morgan fingerprint density at radius 3 is 2.94 bits per heavy atom. The van der Waals surface area contributed by atoms with Crippen LogP contribution < -0.4 is 10.5 Å². The number of halogens is 1. The minimum Gasteiger partial charge on any atom is -0.491 e. The van der Waals surface area contributed by atoms with Gasteiger partial charge in [0.25, 0.3) is 0 Å². The molecule has 4 heteroatoms. The molecule has 0 bridgehead atoms. The first-order chi connectivity index (χ1) is 8.66. The average Bonchev–Trinajstić information content (AvgIpc) is 2.37. The number of benzene rings is 1. The van der Waals surface area contributed by atoms with Crippen LogP contribution in [0.25, 0.3) is 0 Å². The largest absolute Gasteiger partial charge is 0.491 e. The van der Waals surface area contributed by atoms with Gasteiger partial charge in [0.05, 0.1) is 6.10 Å². The van der Waals surface area contributed by atoms with Crippen LogP contribution in [0.1, 0.15) is 37.8 Å². The minimum atomic E-state index is -0.313. The highest BCUT2D eigenvalue weighted by Crippen LogP contribution is 2.21. The van der Waals surface area contributed by atoms with Crippen LogP contribution in [0.2, 0.25) is 0 Å². The van der Waals surface area contributed by atoms with Crippen molar-refractivity contribution in [2.45, 2.75) is 38.3 Å². The molecule has 0 amide bonds. The Bertz CT molecular complexity index is 389. The quantitative estimate of drug-likeness (QED) is 0.897. The van der Waals surface area contributed by atoms with Crippen molar-refractivity contribution in [1.29, 1.82) is 0 Å².